The Balaban J connectivity index is 2.59. The Kier molecular flexibility index (Phi) is 1.41. The maximum absolute atomic E-state index is 12.7. The number of halogens is 1. The van der Waals surface area contributed by atoms with Crippen LogP contribution in [0.15, 0.2) is 23.2 Å². The van der Waals surface area contributed by atoms with Crippen LogP contribution >= 0.6 is 0 Å². The Morgan fingerprint density at radius 2 is 2.33 bits per heavy atom. The minimum Gasteiger partial charge on any atom is -0.269 e. The molecule has 0 unspecified atom stereocenters. The van der Waals surface area contributed by atoms with Gasteiger partial charge < -0.3 is 0 Å². The molecule has 0 bridgehead atoms. The van der Waals surface area contributed by atoms with Gasteiger partial charge in [0.15, 0.2) is 0 Å². The fourth-order valence-corrected chi connectivity index (χ4v) is 1.25. The molecule has 2 nitrogen and oxygen atoms in total. The second-order valence-corrected chi connectivity index (χ2v) is 2.58. The number of hydrogen-bond acceptors (Lipinski definition) is 2. The summed E-state index contributed by atoms with van der Waals surface area (Å²) in [5, 5.41) is 8.60. The van der Waals surface area contributed by atoms with Crippen LogP contribution in [0.3, 0.4) is 0 Å². The predicted molar refractivity (Wildman–Crippen MR) is 42.3 cm³/mol. The van der Waals surface area contributed by atoms with E-state index < -0.39 is 0 Å². The molecule has 0 aliphatic carbocycles. The van der Waals surface area contributed by atoms with Crippen LogP contribution in [0.5, 0.6) is 0 Å². The van der Waals surface area contributed by atoms with Gasteiger partial charge in [0, 0.05) is 5.56 Å². The highest BCUT2D eigenvalue weighted by molar-refractivity contribution is 6.13. The minimum atomic E-state index is -0.321. The number of rotatable bonds is 0. The molecular weight excluding hydrogens is 155 g/mol. The Hall–Kier alpha value is -1.69. The van der Waals surface area contributed by atoms with Crippen LogP contribution in [0.2, 0.25) is 0 Å². The van der Waals surface area contributed by atoms with Crippen molar-refractivity contribution < 1.29 is 4.39 Å². The summed E-state index contributed by atoms with van der Waals surface area (Å²) >= 11 is 0. The monoisotopic (exact) mass is 160 g/mol. The van der Waals surface area contributed by atoms with Crippen molar-refractivity contribution in [2.45, 2.75) is 6.54 Å². The summed E-state index contributed by atoms with van der Waals surface area (Å²) in [5.41, 5.74) is 1.90. The highest BCUT2D eigenvalue weighted by Gasteiger charge is 2.15. The molecule has 0 spiro atoms. The van der Waals surface area contributed by atoms with Crippen molar-refractivity contribution in [1.29, 1.82) is 5.26 Å². The van der Waals surface area contributed by atoms with Crippen molar-refractivity contribution in [3.8, 4) is 6.07 Å². The van der Waals surface area contributed by atoms with Crippen molar-refractivity contribution in [2.75, 3.05) is 0 Å². The Labute approximate surface area is 69.0 Å². The highest BCUT2D eigenvalue weighted by atomic mass is 19.1. The van der Waals surface area contributed by atoms with E-state index in [9.17, 15) is 4.39 Å². The van der Waals surface area contributed by atoms with Crippen molar-refractivity contribution in [3.63, 3.8) is 0 Å². The molecule has 1 aromatic carbocycles. The van der Waals surface area contributed by atoms with Crippen LogP contribution in [0, 0.1) is 17.1 Å². The van der Waals surface area contributed by atoms with Crippen molar-refractivity contribution in [3.05, 3.63) is 35.1 Å². The van der Waals surface area contributed by atoms with E-state index in [-0.39, 0.29) is 5.82 Å². The van der Waals surface area contributed by atoms with Gasteiger partial charge in [-0.05, 0) is 17.7 Å². The Morgan fingerprint density at radius 3 is 3.08 bits per heavy atom. The number of aliphatic imine (C=N–C) groups is 1. The standard InChI is InChI=1S/C9H5FN2/c10-7-2-1-6-5-12-9(4-11)8(6)3-7/h1-3H,5H2. The SMILES string of the molecule is N#CC1=NCc2ccc(F)cc21. The summed E-state index contributed by atoms with van der Waals surface area (Å²) in [6.07, 6.45) is 0. The van der Waals surface area contributed by atoms with Gasteiger partial charge in [0.05, 0.1) is 6.54 Å². The van der Waals surface area contributed by atoms with E-state index in [0.717, 1.165) is 5.56 Å². The van der Waals surface area contributed by atoms with E-state index in [1.165, 1.54) is 12.1 Å². The largest absolute Gasteiger partial charge is 0.269 e. The second kappa shape index (κ2) is 2.42. The van der Waals surface area contributed by atoms with E-state index >= 15 is 0 Å². The number of hydrogen-bond donors (Lipinski definition) is 0. The minimum absolute atomic E-state index is 0.321. The summed E-state index contributed by atoms with van der Waals surface area (Å²) < 4.78 is 12.7. The van der Waals surface area contributed by atoms with Crippen LogP contribution in [-0.4, -0.2) is 5.71 Å². The lowest BCUT2D eigenvalue weighted by molar-refractivity contribution is 0.627. The zero-order chi connectivity index (χ0) is 8.55. The van der Waals surface area contributed by atoms with Gasteiger partial charge in [0.25, 0.3) is 0 Å². The summed E-state index contributed by atoms with van der Waals surface area (Å²) in [7, 11) is 0. The first kappa shape index (κ1) is 6.99. The van der Waals surface area contributed by atoms with Crippen molar-refractivity contribution >= 4 is 5.71 Å². The Bertz CT molecular complexity index is 401. The normalized spacial score (nSPS) is 13.5. The van der Waals surface area contributed by atoms with Gasteiger partial charge >= 0.3 is 0 Å². The number of benzene rings is 1. The summed E-state index contributed by atoms with van der Waals surface area (Å²) in [6.45, 7) is 0.499. The molecule has 2 rings (SSSR count). The van der Waals surface area contributed by atoms with Crippen molar-refractivity contribution in [2.24, 2.45) is 4.99 Å². The van der Waals surface area contributed by atoms with Gasteiger partial charge in [0.2, 0.25) is 0 Å². The molecule has 1 aromatic rings. The van der Waals surface area contributed by atoms with Gasteiger partial charge in [-0.25, -0.2) is 4.39 Å². The molecule has 0 aromatic heterocycles. The fraction of sp³-hybridized carbons (Fsp3) is 0.111. The number of fused-ring (bicyclic) bond motifs is 1. The van der Waals surface area contributed by atoms with E-state index in [2.05, 4.69) is 4.99 Å². The second-order valence-electron chi connectivity index (χ2n) is 2.58. The lowest BCUT2D eigenvalue weighted by Crippen LogP contribution is -1.94. The zero-order valence-electron chi connectivity index (χ0n) is 6.21. The maximum atomic E-state index is 12.7. The maximum Gasteiger partial charge on any atom is 0.143 e. The first-order valence-electron chi connectivity index (χ1n) is 3.54. The molecule has 1 aliphatic heterocycles. The van der Waals surface area contributed by atoms with Crippen LogP contribution in [0.4, 0.5) is 4.39 Å². The third kappa shape index (κ3) is 0.892. The van der Waals surface area contributed by atoms with Gasteiger partial charge in [-0.2, -0.15) is 5.26 Å². The van der Waals surface area contributed by atoms with Gasteiger partial charge in [-0.3, -0.25) is 4.99 Å². The van der Waals surface area contributed by atoms with Gasteiger partial charge in [-0.1, -0.05) is 6.07 Å². The van der Waals surface area contributed by atoms with Crippen LogP contribution in [0.1, 0.15) is 11.1 Å². The molecule has 0 amide bonds. The molecule has 0 saturated heterocycles. The number of nitriles is 1. The topological polar surface area (TPSA) is 36.1 Å². The van der Waals surface area contributed by atoms with E-state index in [4.69, 9.17) is 5.26 Å². The smallest absolute Gasteiger partial charge is 0.143 e. The quantitative estimate of drug-likeness (QED) is 0.568. The molecule has 58 valence electrons. The predicted octanol–water partition coefficient (Wildman–Crippen LogP) is 1.65. The average molecular weight is 160 g/mol. The van der Waals surface area contributed by atoms with E-state index in [1.807, 2.05) is 6.07 Å². The molecule has 0 atom stereocenters. The summed E-state index contributed by atoms with van der Waals surface area (Å²) in [4.78, 5) is 3.95. The molecule has 0 fully saturated rings. The zero-order valence-corrected chi connectivity index (χ0v) is 6.21. The average Bonchev–Trinajstić information content (AvgIpc) is 2.46. The molecule has 1 heterocycles. The molecule has 12 heavy (non-hydrogen) atoms. The van der Waals surface area contributed by atoms with Crippen LogP contribution in [0.25, 0.3) is 0 Å². The third-order valence-electron chi connectivity index (χ3n) is 1.84. The third-order valence-corrected chi connectivity index (χ3v) is 1.84. The summed E-state index contributed by atoms with van der Waals surface area (Å²) in [5.74, 6) is -0.321. The lowest BCUT2D eigenvalue weighted by Gasteiger charge is -1.95. The van der Waals surface area contributed by atoms with Gasteiger partial charge in [-0.15, -0.1) is 0 Å². The molecule has 0 saturated carbocycles. The van der Waals surface area contributed by atoms with Crippen LogP contribution in [-0.2, 0) is 6.54 Å². The van der Waals surface area contributed by atoms with E-state index in [0.29, 0.717) is 17.8 Å². The first-order chi connectivity index (χ1) is 5.81. The first-order valence-corrected chi connectivity index (χ1v) is 3.54. The highest BCUT2D eigenvalue weighted by Crippen LogP contribution is 2.19. The fourth-order valence-electron chi connectivity index (χ4n) is 1.25. The molecule has 0 N–H and O–H groups in total. The van der Waals surface area contributed by atoms with Crippen molar-refractivity contribution in [1.82, 2.24) is 0 Å². The van der Waals surface area contributed by atoms with Crippen LogP contribution < -0.4 is 0 Å². The lowest BCUT2D eigenvalue weighted by atomic mass is 10.1. The molecule has 1 aliphatic rings. The number of nitrogens with zero attached hydrogens (tertiary/aromatic N) is 2. The Morgan fingerprint density at radius 1 is 1.50 bits per heavy atom. The molecule has 0 radical (unpaired) electrons. The van der Waals surface area contributed by atoms with E-state index in [1.54, 1.807) is 6.07 Å². The molecule has 3 heteroatoms. The van der Waals surface area contributed by atoms with Gasteiger partial charge in [0.1, 0.15) is 17.6 Å². The molecular formula is C9H5FN2. The summed E-state index contributed by atoms with van der Waals surface area (Å²) in [6, 6.07) is 6.33.